The lowest BCUT2D eigenvalue weighted by Crippen LogP contribution is -2.13. The molecule has 1 saturated carbocycles. The minimum absolute atomic E-state index is 0.282. The SMILES string of the molecule is N#Cc1ccc(NC2CC2N)cc1Br. The predicted octanol–water partition coefficient (Wildman–Crippen LogP) is 1.83. The molecule has 1 aliphatic rings. The van der Waals surface area contributed by atoms with E-state index in [0.717, 1.165) is 16.6 Å². The molecule has 0 saturated heterocycles. The van der Waals surface area contributed by atoms with Crippen LogP contribution in [0.1, 0.15) is 12.0 Å². The Kier molecular flexibility index (Phi) is 2.44. The predicted molar refractivity (Wildman–Crippen MR) is 58.9 cm³/mol. The fourth-order valence-corrected chi connectivity index (χ4v) is 1.76. The first-order chi connectivity index (χ1) is 6.70. The third-order valence-corrected chi connectivity index (χ3v) is 2.94. The van der Waals surface area contributed by atoms with Gasteiger partial charge in [0.05, 0.1) is 5.56 Å². The van der Waals surface area contributed by atoms with Crippen LogP contribution in [0.15, 0.2) is 22.7 Å². The topological polar surface area (TPSA) is 61.8 Å². The number of nitrogens with two attached hydrogens (primary N) is 1. The molecule has 72 valence electrons. The first-order valence-corrected chi connectivity index (χ1v) is 5.22. The highest BCUT2D eigenvalue weighted by Crippen LogP contribution is 2.26. The van der Waals surface area contributed by atoms with Crippen molar-refractivity contribution in [3.63, 3.8) is 0 Å². The summed E-state index contributed by atoms with van der Waals surface area (Å²) in [5.74, 6) is 0. The molecule has 0 amide bonds. The van der Waals surface area contributed by atoms with Gasteiger partial charge >= 0.3 is 0 Å². The molecule has 0 bridgehead atoms. The molecule has 0 radical (unpaired) electrons. The number of hydrogen-bond donors (Lipinski definition) is 2. The Morgan fingerprint density at radius 2 is 2.29 bits per heavy atom. The zero-order valence-corrected chi connectivity index (χ0v) is 9.08. The van der Waals surface area contributed by atoms with Crippen molar-refractivity contribution in [2.75, 3.05) is 5.32 Å². The third kappa shape index (κ3) is 1.89. The molecule has 3 nitrogen and oxygen atoms in total. The molecular weight excluding hydrogens is 242 g/mol. The van der Waals surface area contributed by atoms with Gasteiger partial charge in [-0.15, -0.1) is 0 Å². The van der Waals surface area contributed by atoms with E-state index >= 15 is 0 Å². The Morgan fingerprint density at radius 1 is 1.57 bits per heavy atom. The standard InChI is InChI=1S/C10H10BrN3/c11-8-3-7(2-1-6(8)5-12)14-10-4-9(10)13/h1-3,9-10,14H,4,13H2. The Hall–Kier alpha value is -1.05. The molecule has 1 aliphatic carbocycles. The van der Waals surface area contributed by atoms with Crippen molar-refractivity contribution in [3.8, 4) is 6.07 Å². The summed E-state index contributed by atoms with van der Waals surface area (Å²) in [5, 5.41) is 12.0. The quantitative estimate of drug-likeness (QED) is 0.844. The summed E-state index contributed by atoms with van der Waals surface area (Å²) >= 11 is 3.34. The largest absolute Gasteiger partial charge is 0.381 e. The lowest BCUT2D eigenvalue weighted by atomic mass is 10.2. The number of hydrogen-bond acceptors (Lipinski definition) is 3. The Bertz CT molecular complexity index is 397. The average Bonchev–Trinajstić information content (AvgIpc) is 2.82. The summed E-state index contributed by atoms with van der Waals surface area (Å²) in [6.07, 6.45) is 1.03. The van der Waals surface area contributed by atoms with Gasteiger partial charge in [-0.1, -0.05) is 0 Å². The Labute approximate surface area is 91.0 Å². The number of nitrogens with zero attached hydrogens (tertiary/aromatic N) is 1. The molecule has 1 fully saturated rings. The lowest BCUT2D eigenvalue weighted by molar-refractivity contribution is 1.01. The van der Waals surface area contributed by atoms with E-state index in [2.05, 4.69) is 27.3 Å². The van der Waals surface area contributed by atoms with Crippen LogP contribution in [0.5, 0.6) is 0 Å². The molecule has 1 aromatic rings. The molecule has 4 heteroatoms. The second kappa shape index (κ2) is 3.60. The fraction of sp³-hybridized carbons (Fsp3) is 0.300. The van der Waals surface area contributed by atoms with Crippen LogP contribution in [0.25, 0.3) is 0 Å². The maximum absolute atomic E-state index is 8.73. The summed E-state index contributed by atoms with van der Waals surface area (Å²) < 4.78 is 0.819. The van der Waals surface area contributed by atoms with Gasteiger partial charge < -0.3 is 11.1 Å². The van der Waals surface area contributed by atoms with Crippen LogP contribution in [-0.2, 0) is 0 Å². The molecule has 2 atom stereocenters. The van der Waals surface area contributed by atoms with Crippen molar-refractivity contribution < 1.29 is 0 Å². The summed E-state index contributed by atoms with van der Waals surface area (Å²) in [4.78, 5) is 0. The number of benzene rings is 1. The van der Waals surface area contributed by atoms with Crippen LogP contribution in [0.4, 0.5) is 5.69 Å². The van der Waals surface area contributed by atoms with Gasteiger partial charge in [0.25, 0.3) is 0 Å². The second-order valence-corrected chi connectivity index (χ2v) is 4.31. The van der Waals surface area contributed by atoms with Gasteiger partial charge in [-0.25, -0.2) is 0 Å². The number of nitrogens with one attached hydrogen (secondary N) is 1. The van der Waals surface area contributed by atoms with Gasteiger partial charge in [0.15, 0.2) is 0 Å². The highest BCUT2D eigenvalue weighted by molar-refractivity contribution is 9.10. The number of nitriles is 1. The fourth-order valence-electron chi connectivity index (χ4n) is 1.29. The van der Waals surface area contributed by atoms with E-state index in [9.17, 15) is 0 Å². The molecule has 0 spiro atoms. The first-order valence-electron chi connectivity index (χ1n) is 4.42. The normalized spacial score (nSPS) is 24.1. The van der Waals surface area contributed by atoms with E-state index in [0.29, 0.717) is 11.6 Å². The van der Waals surface area contributed by atoms with Crippen LogP contribution in [0.2, 0.25) is 0 Å². The highest BCUT2D eigenvalue weighted by atomic mass is 79.9. The molecule has 3 N–H and O–H groups in total. The van der Waals surface area contributed by atoms with Gasteiger partial charge in [-0.3, -0.25) is 0 Å². The monoisotopic (exact) mass is 251 g/mol. The highest BCUT2D eigenvalue weighted by Gasteiger charge is 2.33. The van der Waals surface area contributed by atoms with Crippen molar-refractivity contribution in [1.29, 1.82) is 5.26 Å². The van der Waals surface area contributed by atoms with Gasteiger partial charge in [-0.05, 0) is 40.5 Å². The minimum Gasteiger partial charge on any atom is -0.381 e. The lowest BCUT2D eigenvalue weighted by Gasteiger charge is -2.05. The van der Waals surface area contributed by atoms with Crippen molar-refractivity contribution in [1.82, 2.24) is 0 Å². The van der Waals surface area contributed by atoms with E-state index in [4.69, 9.17) is 11.0 Å². The van der Waals surface area contributed by atoms with Gasteiger partial charge in [0.2, 0.25) is 0 Å². The number of rotatable bonds is 2. The smallest absolute Gasteiger partial charge is 0.100 e. The zero-order chi connectivity index (χ0) is 10.1. The summed E-state index contributed by atoms with van der Waals surface area (Å²) in [6, 6.07) is 8.38. The summed E-state index contributed by atoms with van der Waals surface area (Å²) in [7, 11) is 0. The zero-order valence-electron chi connectivity index (χ0n) is 7.50. The molecular formula is C10H10BrN3. The number of anilines is 1. The number of halogens is 1. The van der Waals surface area contributed by atoms with Crippen molar-refractivity contribution >= 4 is 21.6 Å². The molecule has 2 unspecified atom stereocenters. The maximum atomic E-state index is 8.73. The second-order valence-electron chi connectivity index (χ2n) is 3.46. The Morgan fingerprint density at radius 3 is 2.79 bits per heavy atom. The first kappa shape index (κ1) is 9.50. The maximum Gasteiger partial charge on any atom is 0.100 e. The molecule has 0 aromatic heterocycles. The minimum atomic E-state index is 0.282. The van der Waals surface area contributed by atoms with E-state index < -0.39 is 0 Å². The third-order valence-electron chi connectivity index (χ3n) is 2.28. The van der Waals surface area contributed by atoms with E-state index in [1.54, 1.807) is 6.07 Å². The van der Waals surface area contributed by atoms with Gasteiger partial charge in [-0.2, -0.15) is 5.26 Å². The van der Waals surface area contributed by atoms with Crippen LogP contribution >= 0.6 is 15.9 Å². The summed E-state index contributed by atoms with van der Waals surface area (Å²) in [5.41, 5.74) is 7.34. The van der Waals surface area contributed by atoms with Crippen LogP contribution in [-0.4, -0.2) is 12.1 Å². The van der Waals surface area contributed by atoms with Crippen LogP contribution < -0.4 is 11.1 Å². The van der Waals surface area contributed by atoms with Crippen LogP contribution in [0, 0.1) is 11.3 Å². The van der Waals surface area contributed by atoms with Crippen molar-refractivity contribution in [2.24, 2.45) is 5.73 Å². The molecule has 2 rings (SSSR count). The van der Waals surface area contributed by atoms with Crippen molar-refractivity contribution in [3.05, 3.63) is 28.2 Å². The van der Waals surface area contributed by atoms with Gasteiger partial charge in [0.1, 0.15) is 6.07 Å². The van der Waals surface area contributed by atoms with Crippen molar-refractivity contribution in [2.45, 2.75) is 18.5 Å². The summed E-state index contributed by atoms with van der Waals surface area (Å²) in [6.45, 7) is 0. The molecule has 0 aliphatic heterocycles. The van der Waals surface area contributed by atoms with E-state index in [1.165, 1.54) is 0 Å². The Balaban J connectivity index is 2.13. The molecule has 14 heavy (non-hydrogen) atoms. The van der Waals surface area contributed by atoms with E-state index in [1.807, 2.05) is 12.1 Å². The molecule has 1 aromatic carbocycles. The molecule has 0 heterocycles. The van der Waals surface area contributed by atoms with Gasteiger partial charge in [0, 0.05) is 22.2 Å². The van der Waals surface area contributed by atoms with E-state index in [-0.39, 0.29) is 6.04 Å². The van der Waals surface area contributed by atoms with Crippen LogP contribution in [0.3, 0.4) is 0 Å². The average molecular weight is 252 g/mol.